The van der Waals surface area contributed by atoms with E-state index in [-0.39, 0.29) is 18.1 Å². The number of furan rings is 1. The van der Waals surface area contributed by atoms with Crippen molar-refractivity contribution in [1.82, 2.24) is 10.2 Å². The molecule has 2 N–H and O–H groups in total. The van der Waals surface area contributed by atoms with Crippen molar-refractivity contribution in [2.75, 3.05) is 13.6 Å². The van der Waals surface area contributed by atoms with E-state index in [9.17, 15) is 9.59 Å². The summed E-state index contributed by atoms with van der Waals surface area (Å²) in [6, 6.07) is 1.20. The number of unbranched alkanes of at least 4 members (excludes halogenated alkanes) is 1. The minimum Gasteiger partial charge on any atom is -0.478 e. The van der Waals surface area contributed by atoms with E-state index in [4.69, 9.17) is 9.52 Å². The smallest absolute Gasteiger partial charge is 0.339 e. The first-order valence-electron chi connectivity index (χ1n) is 6.38. The van der Waals surface area contributed by atoms with Crippen LogP contribution >= 0.6 is 0 Å². The molecule has 110 valence electrons. The molecule has 1 aromatic rings. The van der Waals surface area contributed by atoms with Crippen molar-refractivity contribution in [2.24, 2.45) is 0 Å². The lowest BCUT2D eigenvalue weighted by molar-refractivity contribution is 0.0695. The number of aryl methyl sites for hydroxylation is 1. The van der Waals surface area contributed by atoms with E-state index in [1.807, 2.05) is 6.08 Å². The number of urea groups is 1. The zero-order chi connectivity index (χ0) is 15.1. The lowest BCUT2D eigenvalue weighted by Crippen LogP contribution is -2.37. The monoisotopic (exact) mass is 280 g/mol. The first-order valence-corrected chi connectivity index (χ1v) is 6.38. The van der Waals surface area contributed by atoms with Gasteiger partial charge in [-0.2, -0.15) is 0 Å². The molecule has 6 nitrogen and oxygen atoms in total. The van der Waals surface area contributed by atoms with Gasteiger partial charge < -0.3 is 19.7 Å². The summed E-state index contributed by atoms with van der Waals surface area (Å²) >= 11 is 0. The molecule has 2 amide bonds. The fourth-order valence-electron chi connectivity index (χ4n) is 1.72. The Labute approximate surface area is 118 Å². The van der Waals surface area contributed by atoms with Gasteiger partial charge in [-0.25, -0.2) is 9.59 Å². The Morgan fingerprint density at radius 3 is 2.80 bits per heavy atom. The fourth-order valence-corrected chi connectivity index (χ4v) is 1.72. The lowest BCUT2D eigenvalue weighted by atomic mass is 10.2. The molecule has 0 aliphatic heterocycles. The molecule has 0 aromatic carbocycles. The van der Waals surface area contributed by atoms with Crippen LogP contribution in [0.1, 0.15) is 34.7 Å². The molecule has 20 heavy (non-hydrogen) atoms. The number of carbonyl (C=O) groups excluding carboxylic acids is 1. The van der Waals surface area contributed by atoms with E-state index in [1.54, 1.807) is 18.9 Å². The summed E-state index contributed by atoms with van der Waals surface area (Å²) in [6.07, 6.45) is 3.53. The van der Waals surface area contributed by atoms with Crippen LogP contribution in [0.2, 0.25) is 0 Å². The van der Waals surface area contributed by atoms with Gasteiger partial charge in [-0.15, -0.1) is 6.58 Å². The number of carboxylic acids is 1. The Hall–Kier alpha value is -2.24. The van der Waals surface area contributed by atoms with Crippen LogP contribution in [0.25, 0.3) is 0 Å². The van der Waals surface area contributed by atoms with Crippen molar-refractivity contribution in [3.05, 3.63) is 35.8 Å². The quantitative estimate of drug-likeness (QED) is 0.593. The number of hydrogen-bond donors (Lipinski definition) is 2. The van der Waals surface area contributed by atoms with Crippen LogP contribution in [-0.2, 0) is 6.54 Å². The normalized spacial score (nSPS) is 10.1. The number of nitrogens with zero attached hydrogens (tertiary/aromatic N) is 1. The van der Waals surface area contributed by atoms with Crippen LogP contribution in [0.15, 0.2) is 23.1 Å². The maximum Gasteiger partial charge on any atom is 0.339 e. The van der Waals surface area contributed by atoms with Crippen LogP contribution < -0.4 is 5.32 Å². The van der Waals surface area contributed by atoms with Crippen LogP contribution in [-0.4, -0.2) is 35.6 Å². The third kappa shape index (κ3) is 4.46. The number of carbonyl (C=O) groups is 2. The van der Waals surface area contributed by atoms with Gasteiger partial charge in [0.05, 0.1) is 6.54 Å². The first-order chi connectivity index (χ1) is 9.45. The molecule has 0 unspecified atom stereocenters. The summed E-state index contributed by atoms with van der Waals surface area (Å²) in [4.78, 5) is 24.2. The molecule has 0 aliphatic carbocycles. The molecular formula is C14H20N2O4. The lowest BCUT2D eigenvalue weighted by Gasteiger charge is -2.16. The highest BCUT2D eigenvalue weighted by atomic mass is 16.4. The summed E-state index contributed by atoms with van der Waals surface area (Å²) in [5, 5.41) is 11.6. The van der Waals surface area contributed by atoms with Crippen molar-refractivity contribution >= 4 is 12.0 Å². The van der Waals surface area contributed by atoms with Gasteiger partial charge in [0, 0.05) is 13.6 Å². The van der Waals surface area contributed by atoms with Crippen molar-refractivity contribution in [2.45, 2.75) is 26.3 Å². The fraction of sp³-hybridized carbons (Fsp3) is 0.429. The topological polar surface area (TPSA) is 82.8 Å². The molecule has 1 heterocycles. The highest BCUT2D eigenvalue weighted by Crippen LogP contribution is 2.14. The van der Waals surface area contributed by atoms with Gasteiger partial charge in [0.25, 0.3) is 0 Å². The maximum atomic E-state index is 11.8. The molecule has 0 saturated heterocycles. The van der Waals surface area contributed by atoms with Gasteiger partial charge in [-0.3, -0.25) is 0 Å². The molecule has 0 spiro atoms. The second kappa shape index (κ2) is 7.37. The number of nitrogens with one attached hydrogen (secondary N) is 1. The number of carboxylic acid groups (broad SMARTS) is 1. The molecular weight excluding hydrogens is 260 g/mol. The van der Waals surface area contributed by atoms with E-state index in [0.29, 0.717) is 18.1 Å². The van der Waals surface area contributed by atoms with Crippen LogP contribution in [0.3, 0.4) is 0 Å². The predicted octanol–water partition coefficient (Wildman–Crippen LogP) is 2.39. The first kappa shape index (κ1) is 15.8. The Kier molecular flexibility index (Phi) is 5.83. The Balaban J connectivity index is 2.46. The largest absolute Gasteiger partial charge is 0.478 e. The second-order valence-electron chi connectivity index (χ2n) is 4.50. The highest BCUT2D eigenvalue weighted by molar-refractivity contribution is 5.88. The average molecular weight is 280 g/mol. The Morgan fingerprint density at radius 1 is 1.55 bits per heavy atom. The van der Waals surface area contributed by atoms with Crippen molar-refractivity contribution in [3.63, 3.8) is 0 Å². The molecule has 0 aliphatic rings. The van der Waals surface area contributed by atoms with E-state index in [2.05, 4.69) is 11.9 Å². The summed E-state index contributed by atoms with van der Waals surface area (Å²) in [7, 11) is 1.70. The molecule has 6 heteroatoms. The van der Waals surface area contributed by atoms with Gasteiger partial charge in [-0.1, -0.05) is 6.08 Å². The molecule has 0 atom stereocenters. The second-order valence-corrected chi connectivity index (χ2v) is 4.50. The van der Waals surface area contributed by atoms with Crippen LogP contribution in [0, 0.1) is 6.92 Å². The van der Waals surface area contributed by atoms with Crippen molar-refractivity contribution < 1.29 is 19.1 Å². The van der Waals surface area contributed by atoms with E-state index in [0.717, 1.165) is 12.8 Å². The van der Waals surface area contributed by atoms with Gasteiger partial charge in [0.15, 0.2) is 0 Å². The van der Waals surface area contributed by atoms with Crippen molar-refractivity contribution in [3.8, 4) is 0 Å². The number of rotatable bonds is 7. The molecule has 0 saturated carbocycles. The molecule has 0 radical (unpaired) electrons. The minimum absolute atomic E-state index is 0.119. The third-order valence-electron chi connectivity index (χ3n) is 2.86. The summed E-state index contributed by atoms with van der Waals surface area (Å²) in [5.41, 5.74) is 0.119. The number of hydrogen-bond acceptors (Lipinski definition) is 3. The highest BCUT2D eigenvalue weighted by Gasteiger charge is 2.14. The predicted molar refractivity (Wildman–Crippen MR) is 74.7 cm³/mol. The van der Waals surface area contributed by atoms with Crippen LogP contribution in [0.5, 0.6) is 0 Å². The van der Waals surface area contributed by atoms with Gasteiger partial charge in [0.1, 0.15) is 17.1 Å². The number of amides is 2. The molecule has 1 aromatic heterocycles. The average Bonchev–Trinajstić information content (AvgIpc) is 2.77. The third-order valence-corrected chi connectivity index (χ3v) is 2.86. The minimum atomic E-state index is -1.04. The van der Waals surface area contributed by atoms with Gasteiger partial charge >= 0.3 is 12.0 Å². The molecule has 1 rings (SSSR count). The molecule has 0 fully saturated rings. The number of allylic oxidation sites excluding steroid dienone is 1. The number of aromatic carboxylic acids is 1. The van der Waals surface area contributed by atoms with E-state index >= 15 is 0 Å². The summed E-state index contributed by atoms with van der Waals surface area (Å²) < 4.78 is 5.28. The maximum absolute atomic E-state index is 11.8. The Morgan fingerprint density at radius 2 is 2.25 bits per heavy atom. The van der Waals surface area contributed by atoms with E-state index in [1.165, 1.54) is 6.07 Å². The SMILES string of the molecule is C=CCCCN(C)C(=O)NCc1cc(C(=O)O)c(C)o1. The zero-order valence-electron chi connectivity index (χ0n) is 11.8. The van der Waals surface area contributed by atoms with Crippen LogP contribution in [0.4, 0.5) is 4.79 Å². The summed E-state index contributed by atoms with van der Waals surface area (Å²) in [6.45, 7) is 6.00. The zero-order valence-corrected chi connectivity index (χ0v) is 11.8. The molecule has 0 bridgehead atoms. The Bertz CT molecular complexity index is 493. The van der Waals surface area contributed by atoms with Crippen molar-refractivity contribution in [1.29, 1.82) is 0 Å². The summed E-state index contributed by atoms with van der Waals surface area (Å²) in [5.74, 6) is -0.279. The van der Waals surface area contributed by atoms with Gasteiger partial charge in [0.2, 0.25) is 0 Å². The van der Waals surface area contributed by atoms with E-state index < -0.39 is 5.97 Å². The van der Waals surface area contributed by atoms with Gasteiger partial charge in [-0.05, 0) is 25.8 Å². The standard InChI is InChI=1S/C14H20N2O4/c1-4-5-6-7-16(3)14(19)15-9-11-8-12(13(17)18)10(2)20-11/h4,8H,1,5-7,9H2,2-3H3,(H,15,19)(H,17,18).